The fourth-order valence-corrected chi connectivity index (χ4v) is 4.89. The summed E-state index contributed by atoms with van der Waals surface area (Å²) in [5.74, 6) is 0.411. The van der Waals surface area contributed by atoms with Crippen molar-refractivity contribution >= 4 is 0 Å². The summed E-state index contributed by atoms with van der Waals surface area (Å²) < 4.78 is 56.7. The topological polar surface area (TPSA) is 76.2 Å². The number of benzene rings is 1. The van der Waals surface area contributed by atoms with E-state index in [1.807, 2.05) is 23.5 Å². The second-order valence-electron chi connectivity index (χ2n) is 9.27. The Balaban J connectivity index is 1.50. The first kappa shape index (κ1) is 25.6. The van der Waals surface area contributed by atoms with Crippen molar-refractivity contribution in [2.75, 3.05) is 13.7 Å². The van der Waals surface area contributed by atoms with Gasteiger partial charge >= 0.3 is 6.36 Å². The van der Waals surface area contributed by atoms with E-state index in [0.29, 0.717) is 18.9 Å². The van der Waals surface area contributed by atoms with Gasteiger partial charge in [-0.3, -0.25) is 4.68 Å². The maximum atomic E-state index is 12.4. The molecule has 194 valence electrons. The van der Waals surface area contributed by atoms with E-state index >= 15 is 0 Å². The van der Waals surface area contributed by atoms with Crippen LogP contribution in [0.25, 0.3) is 0 Å². The van der Waals surface area contributed by atoms with Gasteiger partial charge in [-0.2, -0.15) is 5.10 Å². The molecule has 1 saturated carbocycles. The zero-order chi connectivity index (χ0) is 25.6. The monoisotopic (exact) mass is 505 g/mol. The highest BCUT2D eigenvalue weighted by molar-refractivity contribution is 5.31. The number of hydrogen-bond donors (Lipinski definition) is 0. The van der Waals surface area contributed by atoms with E-state index in [1.54, 1.807) is 19.6 Å². The highest BCUT2D eigenvalue weighted by Crippen LogP contribution is 2.49. The molecule has 0 amide bonds. The Bertz CT molecular complexity index is 1100. The second-order valence-corrected chi connectivity index (χ2v) is 9.27. The van der Waals surface area contributed by atoms with Crippen molar-refractivity contribution in [2.24, 2.45) is 17.3 Å². The average molecular weight is 506 g/mol. The van der Waals surface area contributed by atoms with Gasteiger partial charge in [0.2, 0.25) is 0 Å². The number of ether oxygens (including phenoxy) is 3. The lowest BCUT2D eigenvalue weighted by atomic mass is 9.61. The lowest BCUT2D eigenvalue weighted by Gasteiger charge is -2.45. The fraction of sp³-hybridized carbons (Fsp3) is 0.480. The molecule has 0 spiro atoms. The number of imidazole rings is 1. The van der Waals surface area contributed by atoms with Crippen molar-refractivity contribution in [2.45, 2.75) is 45.6 Å². The van der Waals surface area contributed by atoms with Crippen LogP contribution in [0.2, 0.25) is 0 Å². The van der Waals surface area contributed by atoms with Gasteiger partial charge in [-0.15, -0.1) is 13.2 Å². The molecule has 0 N–H and O–H groups in total. The Kier molecular flexibility index (Phi) is 7.85. The molecule has 1 aromatic carbocycles. The van der Waals surface area contributed by atoms with E-state index < -0.39 is 6.36 Å². The van der Waals surface area contributed by atoms with Crippen molar-refractivity contribution < 1.29 is 27.4 Å². The lowest BCUT2D eigenvalue weighted by Crippen LogP contribution is -2.40. The Morgan fingerprint density at radius 3 is 2.56 bits per heavy atom. The highest BCUT2D eigenvalue weighted by Gasteiger charge is 2.43. The van der Waals surface area contributed by atoms with Gasteiger partial charge in [0.15, 0.2) is 0 Å². The molecule has 36 heavy (non-hydrogen) atoms. The number of halogens is 3. The third-order valence-corrected chi connectivity index (χ3v) is 6.83. The molecular weight excluding hydrogens is 475 g/mol. The number of hydrogen-bond acceptors (Lipinski definition) is 6. The predicted molar refractivity (Wildman–Crippen MR) is 125 cm³/mol. The number of aromatic nitrogens is 5. The molecule has 2 aromatic heterocycles. The van der Waals surface area contributed by atoms with E-state index in [0.717, 1.165) is 25.8 Å². The van der Waals surface area contributed by atoms with Crippen molar-refractivity contribution in [3.63, 3.8) is 0 Å². The minimum atomic E-state index is -4.73. The summed E-state index contributed by atoms with van der Waals surface area (Å²) in [4.78, 5) is 8.23. The van der Waals surface area contributed by atoms with Crippen molar-refractivity contribution in [1.82, 2.24) is 24.3 Å². The number of rotatable bonds is 10. The van der Waals surface area contributed by atoms with Crippen molar-refractivity contribution in [3.8, 4) is 11.5 Å². The largest absolute Gasteiger partial charge is 0.573 e. The molecule has 0 bridgehead atoms. The Morgan fingerprint density at radius 1 is 1.14 bits per heavy atom. The van der Waals surface area contributed by atoms with E-state index in [4.69, 9.17) is 9.47 Å². The fourth-order valence-electron chi connectivity index (χ4n) is 4.89. The predicted octanol–water partition coefficient (Wildman–Crippen LogP) is 5.11. The summed E-state index contributed by atoms with van der Waals surface area (Å²) in [6.07, 6.45) is 8.65. The number of alkyl halides is 3. The molecule has 3 atom stereocenters. The third-order valence-electron chi connectivity index (χ3n) is 6.83. The van der Waals surface area contributed by atoms with Crippen molar-refractivity contribution in [1.29, 1.82) is 0 Å². The first-order valence-electron chi connectivity index (χ1n) is 11.8. The minimum Gasteiger partial charge on any atom is -0.504 e. The third kappa shape index (κ3) is 6.58. The summed E-state index contributed by atoms with van der Waals surface area (Å²) in [6, 6.07) is 5.47. The van der Waals surface area contributed by atoms with Gasteiger partial charge in [-0.25, -0.2) is 9.97 Å². The van der Waals surface area contributed by atoms with E-state index in [-0.39, 0.29) is 23.0 Å². The van der Waals surface area contributed by atoms with Gasteiger partial charge in [0, 0.05) is 37.3 Å². The Labute approximate surface area is 207 Å². The highest BCUT2D eigenvalue weighted by atomic mass is 19.4. The molecule has 0 aliphatic heterocycles. The SMILES string of the molecule is CO/C=C1\[C@@H](Cn2cncn2)[C@H](COc2ccc(OC(F)(F)F)cc2)CC[C@@]1(C)CCn1ccnc1. The van der Waals surface area contributed by atoms with Crippen LogP contribution in [0.4, 0.5) is 13.2 Å². The van der Waals surface area contributed by atoms with Crippen LogP contribution in [0, 0.1) is 17.3 Å². The van der Waals surface area contributed by atoms with Crippen LogP contribution in [-0.4, -0.2) is 44.4 Å². The number of methoxy groups -OCH3 is 1. The quantitative estimate of drug-likeness (QED) is 0.357. The molecule has 1 aliphatic rings. The number of aryl methyl sites for hydroxylation is 1. The molecule has 11 heteroatoms. The van der Waals surface area contributed by atoms with Crippen LogP contribution in [0.3, 0.4) is 0 Å². The average Bonchev–Trinajstić information content (AvgIpc) is 3.54. The van der Waals surface area contributed by atoms with E-state index in [9.17, 15) is 13.2 Å². The molecule has 4 rings (SSSR count). The van der Waals surface area contributed by atoms with Gasteiger partial charge < -0.3 is 18.8 Å². The van der Waals surface area contributed by atoms with Crippen LogP contribution in [0.15, 0.2) is 67.5 Å². The molecule has 0 radical (unpaired) electrons. The maximum Gasteiger partial charge on any atom is 0.573 e. The Hall–Kier alpha value is -3.50. The molecule has 3 aromatic rings. The molecule has 2 heterocycles. The van der Waals surface area contributed by atoms with Gasteiger partial charge in [0.05, 0.1) is 26.3 Å². The van der Waals surface area contributed by atoms with E-state index in [1.165, 1.54) is 36.2 Å². The molecule has 0 saturated heterocycles. The summed E-state index contributed by atoms with van der Waals surface area (Å²) in [5, 5.41) is 4.31. The summed E-state index contributed by atoms with van der Waals surface area (Å²) in [5.41, 5.74) is 1.09. The van der Waals surface area contributed by atoms with Gasteiger partial charge in [-0.05, 0) is 54.5 Å². The van der Waals surface area contributed by atoms with Gasteiger partial charge in [0.25, 0.3) is 0 Å². The first-order chi connectivity index (χ1) is 17.3. The molecule has 1 fully saturated rings. The van der Waals surface area contributed by atoms with Crippen LogP contribution >= 0.6 is 0 Å². The van der Waals surface area contributed by atoms with Gasteiger partial charge in [-0.1, -0.05) is 6.92 Å². The molecule has 0 unspecified atom stereocenters. The zero-order valence-electron chi connectivity index (χ0n) is 20.3. The summed E-state index contributed by atoms with van der Waals surface area (Å²) >= 11 is 0. The van der Waals surface area contributed by atoms with Crippen LogP contribution in [0.1, 0.15) is 26.2 Å². The van der Waals surface area contributed by atoms with Crippen LogP contribution < -0.4 is 9.47 Å². The normalized spacial score (nSPS) is 23.5. The summed E-state index contributed by atoms with van der Waals surface area (Å²) in [7, 11) is 1.65. The smallest absolute Gasteiger partial charge is 0.504 e. The van der Waals surface area contributed by atoms with Gasteiger partial charge in [0.1, 0.15) is 24.2 Å². The standard InChI is InChI=1S/C25H30F3N5O3/c1-24(9-11-32-12-10-29-17-32)8-7-19(22(23(24)15-34-2)13-33-18-30-16-31-33)14-35-20-3-5-21(6-4-20)36-25(26,27)28/h3-6,10,12,15-19,22H,7-9,11,13-14H2,1-2H3/b23-15+/t19-,22-,24-/m0/s1. The Morgan fingerprint density at radius 2 is 1.92 bits per heavy atom. The maximum absolute atomic E-state index is 12.4. The minimum absolute atomic E-state index is 0.0704. The van der Waals surface area contributed by atoms with Crippen LogP contribution in [0.5, 0.6) is 11.5 Å². The van der Waals surface area contributed by atoms with Crippen molar-refractivity contribution in [3.05, 3.63) is 67.5 Å². The molecular formula is C25H30F3N5O3. The first-order valence-corrected chi connectivity index (χ1v) is 11.8. The van der Waals surface area contributed by atoms with Crippen LogP contribution in [-0.2, 0) is 17.8 Å². The lowest BCUT2D eigenvalue weighted by molar-refractivity contribution is -0.274. The number of allylic oxidation sites excluding steroid dienone is 1. The van der Waals surface area contributed by atoms with E-state index in [2.05, 4.69) is 31.3 Å². The molecule has 8 nitrogen and oxygen atoms in total. The second kappa shape index (κ2) is 11.0. The number of nitrogens with zero attached hydrogens (tertiary/aromatic N) is 5. The summed E-state index contributed by atoms with van der Waals surface area (Å²) in [6.45, 7) is 4.11. The zero-order valence-corrected chi connectivity index (χ0v) is 20.3. The molecule has 1 aliphatic carbocycles.